The molecule has 3 aromatic rings. The Morgan fingerprint density at radius 3 is 2.59 bits per heavy atom. The van der Waals surface area contributed by atoms with Crippen molar-refractivity contribution >= 4 is 37.8 Å². The largest absolute Gasteiger partial charge is 0.483 e. The molecule has 0 unspecified atom stereocenters. The summed E-state index contributed by atoms with van der Waals surface area (Å²) in [6, 6.07) is 8.32. The van der Waals surface area contributed by atoms with Gasteiger partial charge in [-0.2, -0.15) is 4.36 Å². The van der Waals surface area contributed by atoms with Crippen LogP contribution in [-0.2, 0) is 23.9 Å². The summed E-state index contributed by atoms with van der Waals surface area (Å²) in [5, 5.41) is 4.27. The molecule has 3 saturated heterocycles. The highest BCUT2D eigenvalue weighted by atomic mass is 32.2. The molecule has 4 aliphatic rings. The molecule has 4 heterocycles. The molecule has 4 fully saturated rings. The van der Waals surface area contributed by atoms with E-state index >= 15 is 0 Å². The number of fused-ring (bicyclic) bond motifs is 2. The molecular weight excluding hydrogens is 523 g/mol. The summed E-state index contributed by atoms with van der Waals surface area (Å²) in [7, 11) is -0.568. The van der Waals surface area contributed by atoms with E-state index < -0.39 is 21.7 Å². The number of benzene rings is 2. The highest BCUT2D eigenvalue weighted by molar-refractivity contribution is 7.93. The van der Waals surface area contributed by atoms with Crippen molar-refractivity contribution in [2.45, 2.75) is 56.0 Å². The second-order valence-electron chi connectivity index (χ2n) is 10.7. The lowest BCUT2D eigenvalue weighted by Gasteiger charge is -2.21. The lowest BCUT2D eigenvalue weighted by molar-refractivity contribution is -0.0138. The number of hydrogen-bond donors (Lipinski definition) is 1. The zero-order chi connectivity index (χ0) is 26.6. The Morgan fingerprint density at radius 1 is 1.05 bits per heavy atom. The fourth-order valence-electron chi connectivity index (χ4n) is 5.83. The molecule has 2 aromatic carbocycles. The van der Waals surface area contributed by atoms with E-state index in [1.807, 2.05) is 12.1 Å². The molecule has 1 N–H and O–H groups in total. The van der Waals surface area contributed by atoms with Crippen LogP contribution in [0.1, 0.15) is 37.2 Å². The summed E-state index contributed by atoms with van der Waals surface area (Å²) in [5.74, 6) is 2.22. The van der Waals surface area contributed by atoms with Gasteiger partial charge < -0.3 is 24.3 Å². The van der Waals surface area contributed by atoms with E-state index in [1.54, 1.807) is 13.2 Å². The Labute approximate surface area is 226 Å². The molecule has 1 aliphatic carbocycles. The monoisotopic (exact) mass is 554 g/mol. The van der Waals surface area contributed by atoms with Crippen LogP contribution in [-0.4, -0.2) is 70.4 Å². The number of hydrogen-bond acceptors (Lipinski definition) is 9. The normalized spacial score (nSPS) is 27.5. The Bertz CT molecular complexity index is 1530. The highest BCUT2D eigenvalue weighted by Gasteiger charge is 2.49. The molecule has 0 amide bonds. The van der Waals surface area contributed by atoms with E-state index in [0.717, 1.165) is 42.1 Å². The van der Waals surface area contributed by atoms with Crippen molar-refractivity contribution in [3.63, 3.8) is 0 Å². The molecule has 9 nitrogen and oxygen atoms in total. The highest BCUT2D eigenvalue weighted by Crippen LogP contribution is 2.46. The number of nitrogens with one attached hydrogen (secondary N) is 1. The number of rotatable bonds is 7. The predicted octanol–water partition coefficient (Wildman–Crippen LogP) is 4.84. The lowest BCUT2D eigenvalue weighted by atomic mass is 10.0. The smallest absolute Gasteiger partial charge is 0.151 e. The molecule has 7 rings (SSSR count). The van der Waals surface area contributed by atoms with Crippen molar-refractivity contribution in [2.75, 3.05) is 37.1 Å². The Morgan fingerprint density at radius 2 is 1.82 bits per heavy atom. The maximum Gasteiger partial charge on any atom is 0.151 e. The summed E-state index contributed by atoms with van der Waals surface area (Å²) in [6.07, 6.45) is 4.50. The average Bonchev–Trinajstić information content (AvgIpc) is 3.37. The van der Waals surface area contributed by atoms with E-state index in [4.69, 9.17) is 23.3 Å². The fraction of sp³-hybridized carbons (Fsp3) is 0.500. The zero-order valence-corrected chi connectivity index (χ0v) is 22.5. The minimum atomic E-state index is -2.20. The first-order valence-electron chi connectivity index (χ1n) is 13.5. The second-order valence-corrected chi connectivity index (χ2v) is 13.2. The summed E-state index contributed by atoms with van der Waals surface area (Å²) >= 11 is 0. The first-order chi connectivity index (χ1) is 19.0. The first kappa shape index (κ1) is 25.1. The van der Waals surface area contributed by atoms with Gasteiger partial charge in [0.1, 0.15) is 42.0 Å². The number of anilines is 2. The third-order valence-corrected chi connectivity index (χ3v) is 10.4. The third-order valence-electron chi connectivity index (χ3n) is 7.96. The average molecular weight is 555 g/mol. The number of methoxy groups -OCH3 is 1. The molecule has 206 valence electrons. The van der Waals surface area contributed by atoms with Gasteiger partial charge in [-0.15, -0.1) is 0 Å². The second kappa shape index (κ2) is 9.96. The van der Waals surface area contributed by atoms with E-state index in [2.05, 4.69) is 15.3 Å². The molecule has 3 aliphatic heterocycles. The van der Waals surface area contributed by atoms with Crippen molar-refractivity contribution in [3.05, 3.63) is 48.0 Å². The van der Waals surface area contributed by atoms with Crippen LogP contribution in [0.25, 0.3) is 10.9 Å². The van der Waals surface area contributed by atoms with Crippen LogP contribution in [0.4, 0.5) is 21.6 Å². The maximum atomic E-state index is 14.4. The van der Waals surface area contributed by atoms with Crippen LogP contribution < -0.4 is 10.1 Å². The van der Waals surface area contributed by atoms with Gasteiger partial charge in [0, 0.05) is 30.1 Å². The molecular formula is C28H31FN4O5S. The molecule has 1 saturated carbocycles. The van der Waals surface area contributed by atoms with Crippen LogP contribution in [0.2, 0.25) is 0 Å². The summed E-state index contributed by atoms with van der Waals surface area (Å²) in [5.41, 5.74) is 3.12. The van der Waals surface area contributed by atoms with Gasteiger partial charge in [-0.25, -0.2) is 18.6 Å². The number of halogens is 1. The van der Waals surface area contributed by atoms with Gasteiger partial charge in [-0.3, -0.25) is 0 Å². The quantitative estimate of drug-likeness (QED) is 0.442. The minimum Gasteiger partial charge on any atom is -0.483 e. The van der Waals surface area contributed by atoms with Crippen LogP contribution in [0.3, 0.4) is 0 Å². The minimum absolute atomic E-state index is 0.148. The van der Waals surface area contributed by atoms with Gasteiger partial charge >= 0.3 is 0 Å². The van der Waals surface area contributed by atoms with Crippen molar-refractivity contribution in [2.24, 2.45) is 4.36 Å². The van der Waals surface area contributed by atoms with Gasteiger partial charge in [0.2, 0.25) is 0 Å². The molecule has 0 radical (unpaired) electrons. The maximum absolute atomic E-state index is 14.4. The van der Waals surface area contributed by atoms with Gasteiger partial charge in [0.05, 0.1) is 39.8 Å². The van der Waals surface area contributed by atoms with Crippen molar-refractivity contribution in [1.82, 2.24) is 9.97 Å². The van der Waals surface area contributed by atoms with Crippen LogP contribution in [0.15, 0.2) is 41.0 Å². The van der Waals surface area contributed by atoms with Gasteiger partial charge in [-0.05, 0) is 61.4 Å². The molecule has 0 bridgehead atoms. The van der Waals surface area contributed by atoms with Gasteiger partial charge in [-0.1, -0.05) is 0 Å². The zero-order valence-electron chi connectivity index (χ0n) is 21.7. The molecule has 39 heavy (non-hydrogen) atoms. The topological polar surface area (TPSA) is 104 Å². The van der Waals surface area contributed by atoms with Crippen LogP contribution in [0.5, 0.6) is 5.75 Å². The molecule has 1 aromatic heterocycles. The first-order valence-corrected chi connectivity index (χ1v) is 15.4. The SMILES string of the molecule is CO[C@@H]1CO[C@H]2[C@@H]1OC[C@H]2Oc1cc(F)ccc1Nc1ncnc2cc(N=S3(=O)CCCC3)cc(C3CC3)c12. The van der Waals surface area contributed by atoms with E-state index in [1.165, 1.54) is 18.5 Å². The number of aromatic nitrogens is 2. The summed E-state index contributed by atoms with van der Waals surface area (Å²) < 4.78 is 55.7. The van der Waals surface area contributed by atoms with E-state index in [-0.39, 0.29) is 18.3 Å². The Hall–Kier alpha value is -2.86. The number of ether oxygens (including phenoxy) is 4. The fourth-order valence-corrected chi connectivity index (χ4v) is 8.02. The third kappa shape index (κ3) is 4.86. The number of nitrogens with zero attached hydrogens (tertiary/aromatic N) is 3. The summed E-state index contributed by atoms with van der Waals surface area (Å²) in [6.45, 7) is 0.753. The van der Waals surface area contributed by atoms with Crippen molar-refractivity contribution in [1.29, 1.82) is 0 Å². The van der Waals surface area contributed by atoms with E-state index in [0.29, 0.717) is 53.6 Å². The van der Waals surface area contributed by atoms with Gasteiger partial charge in [0.15, 0.2) is 6.10 Å². The predicted molar refractivity (Wildman–Crippen MR) is 145 cm³/mol. The van der Waals surface area contributed by atoms with Crippen molar-refractivity contribution in [3.8, 4) is 5.75 Å². The van der Waals surface area contributed by atoms with Crippen LogP contribution in [0, 0.1) is 5.82 Å². The Kier molecular flexibility index (Phi) is 6.42. The Balaban J connectivity index is 1.23. The van der Waals surface area contributed by atoms with Crippen LogP contribution >= 0.6 is 0 Å². The lowest BCUT2D eigenvalue weighted by Crippen LogP contribution is -2.35. The van der Waals surface area contributed by atoms with Gasteiger partial charge in [0.25, 0.3) is 0 Å². The molecule has 4 atom stereocenters. The standard InChI is InChI=1S/C28H31FN4O5S/c1-35-23-13-36-27-24(14-37-26(23)27)38-22-10-17(29)6-7-20(22)32-28-25-19(16-4-5-16)11-18(12-21(25)30-15-31-28)33-39(34)8-2-3-9-39/h6-7,10-12,15-16,23-24,26-27H,2-5,8-9,13-14H2,1H3,(H,30,31,32)/t23-,24-,26-,27-/m1/s1. The molecule has 0 spiro atoms. The molecule has 11 heteroatoms. The van der Waals surface area contributed by atoms with Crippen molar-refractivity contribution < 1.29 is 27.5 Å². The van der Waals surface area contributed by atoms with E-state index in [9.17, 15) is 8.60 Å². The summed E-state index contributed by atoms with van der Waals surface area (Å²) in [4.78, 5) is 9.11.